The van der Waals surface area contributed by atoms with Crippen LogP contribution in [0.3, 0.4) is 0 Å². The molecule has 110 valence electrons. The first-order chi connectivity index (χ1) is 9.88. The Kier molecular flexibility index (Phi) is 4.77. The van der Waals surface area contributed by atoms with Gasteiger partial charge in [-0.05, 0) is 61.6 Å². The molecule has 1 fully saturated rings. The fraction of sp³-hybridized carbons (Fsp3) is 0.684. The molecule has 1 atom stereocenters. The van der Waals surface area contributed by atoms with Crippen molar-refractivity contribution in [2.24, 2.45) is 11.8 Å². The van der Waals surface area contributed by atoms with Gasteiger partial charge < -0.3 is 5.32 Å². The summed E-state index contributed by atoms with van der Waals surface area (Å²) in [5.41, 5.74) is 3.22. The lowest BCUT2D eigenvalue weighted by molar-refractivity contribution is 0.209. The van der Waals surface area contributed by atoms with Gasteiger partial charge >= 0.3 is 0 Å². The van der Waals surface area contributed by atoms with Gasteiger partial charge in [-0.15, -0.1) is 0 Å². The molecule has 0 radical (unpaired) electrons. The monoisotopic (exact) mass is 271 g/mol. The summed E-state index contributed by atoms with van der Waals surface area (Å²) in [5, 5.41) is 3.92. The van der Waals surface area contributed by atoms with Crippen LogP contribution in [0, 0.1) is 11.8 Å². The highest BCUT2D eigenvalue weighted by Crippen LogP contribution is 2.36. The van der Waals surface area contributed by atoms with Crippen LogP contribution in [0.25, 0.3) is 0 Å². The van der Waals surface area contributed by atoms with E-state index in [2.05, 4.69) is 36.5 Å². The minimum atomic E-state index is 0.752. The minimum Gasteiger partial charge on any atom is -0.313 e. The number of hydrogen-bond donors (Lipinski definition) is 1. The number of nitrogens with one attached hydrogen (secondary N) is 1. The highest BCUT2D eigenvalue weighted by atomic mass is 14.9. The second kappa shape index (κ2) is 6.76. The largest absolute Gasteiger partial charge is 0.313 e. The molecule has 1 heteroatoms. The third kappa shape index (κ3) is 3.09. The first-order valence-electron chi connectivity index (χ1n) is 8.68. The van der Waals surface area contributed by atoms with Crippen molar-refractivity contribution in [2.75, 3.05) is 6.54 Å². The van der Waals surface area contributed by atoms with Crippen molar-refractivity contribution in [1.29, 1.82) is 0 Å². The van der Waals surface area contributed by atoms with Gasteiger partial charge in [0.1, 0.15) is 0 Å². The van der Waals surface area contributed by atoms with Crippen LogP contribution < -0.4 is 5.32 Å². The third-order valence-corrected chi connectivity index (χ3v) is 5.38. The molecule has 0 bridgehead atoms. The zero-order valence-corrected chi connectivity index (χ0v) is 12.9. The molecule has 2 aliphatic carbocycles. The molecule has 1 unspecified atom stereocenters. The third-order valence-electron chi connectivity index (χ3n) is 5.38. The summed E-state index contributed by atoms with van der Waals surface area (Å²) in [6, 6.07) is 9.84. The maximum Gasteiger partial charge on any atom is 0.0130 e. The van der Waals surface area contributed by atoms with E-state index >= 15 is 0 Å². The number of fused-ring (bicyclic) bond motifs is 1. The summed E-state index contributed by atoms with van der Waals surface area (Å²) in [7, 11) is 0. The van der Waals surface area contributed by atoms with E-state index < -0.39 is 0 Å². The van der Waals surface area contributed by atoms with Gasteiger partial charge in [-0.2, -0.15) is 0 Å². The fourth-order valence-electron chi connectivity index (χ4n) is 4.37. The molecular formula is C19H29N. The van der Waals surface area contributed by atoms with Crippen LogP contribution in [0.4, 0.5) is 0 Å². The standard InChI is InChI=1S/C19H29N/c1-2-12-20-19(15-8-4-3-5-9-15)18-13-16-10-6-7-11-17(16)14-18/h6-7,10-11,15,18-20H,2-5,8-9,12-14H2,1H3. The van der Waals surface area contributed by atoms with E-state index in [-0.39, 0.29) is 0 Å². The maximum absolute atomic E-state index is 3.92. The average Bonchev–Trinajstić information content (AvgIpc) is 2.92. The summed E-state index contributed by atoms with van der Waals surface area (Å²) in [4.78, 5) is 0. The normalized spacial score (nSPS) is 21.9. The highest BCUT2D eigenvalue weighted by Gasteiger charge is 2.33. The topological polar surface area (TPSA) is 12.0 Å². The van der Waals surface area contributed by atoms with E-state index in [1.54, 1.807) is 11.1 Å². The van der Waals surface area contributed by atoms with Crippen molar-refractivity contribution in [3.8, 4) is 0 Å². The first-order valence-corrected chi connectivity index (χ1v) is 8.68. The molecule has 1 nitrogen and oxygen atoms in total. The molecule has 1 saturated carbocycles. The Bertz CT molecular complexity index is 395. The van der Waals surface area contributed by atoms with Gasteiger partial charge in [-0.1, -0.05) is 50.5 Å². The molecule has 0 aromatic heterocycles. The van der Waals surface area contributed by atoms with E-state index in [4.69, 9.17) is 0 Å². The molecule has 0 spiro atoms. The molecule has 1 N–H and O–H groups in total. The van der Waals surface area contributed by atoms with Crippen molar-refractivity contribution in [3.05, 3.63) is 35.4 Å². The fourth-order valence-corrected chi connectivity index (χ4v) is 4.37. The quantitative estimate of drug-likeness (QED) is 0.839. The van der Waals surface area contributed by atoms with Crippen molar-refractivity contribution in [2.45, 2.75) is 64.3 Å². The molecular weight excluding hydrogens is 242 g/mol. The average molecular weight is 271 g/mol. The molecule has 2 aliphatic rings. The predicted octanol–water partition coefficient (Wildman–Crippen LogP) is 4.35. The molecule has 3 rings (SSSR count). The van der Waals surface area contributed by atoms with Crippen molar-refractivity contribution < 1.29 is 0 Å². The SMILES string of the molecule is CCCNC(C1CCCCC1)C1Cc2ccccc2C1. The summed E-state index contributed by atoms with van der Waals surface area (Å²) in [6.07, 6.45) is 11.1. The zero-order chi connectivity index (χ0) is 13.8. The Balaban J connectivity index is 1.70. The Hall–Kier alpha value is -0.820. The Labute approximate surface area is 124 Å². The Morgan fingerprint density at radius 2 is 1.65 bits per heavy atom. The van der Waals surface area contributed by atoms with E-state index in [0.717, 1.165) is 17.9 Å². The first kappa shape index (κ1) is 14.1. The van der Waals surface area contributed by atoms with Gasteiger partial charge in [0.2, 0.25) is 0 Å². The van der Waals surface area contributed by atoms with E-state index in [1.165, 1.54) is 57.9 Å². The van der Waals surface area contributed by atoms with Crippen LogP contribution in [0.5, 0.6) is 0 Å². The summed E-state index contributed by atoms with van der Waals surface area (Å²) in [6.45, 7) is 3.47. The van der Waals surface area contributed by atoms with Gasteiger partial charge in [-0.3, -0.25) is 0 Å². The molecule has 1 aromatic carbocycles. The van der Waals surface area contributed by atoms with Gasteiger partial charge in [0.15, 0.2) is 0 Å². The van der Waals surface area contributed by atoms with Crippen molar-refractivity contribution in [1.82, 2.24) is 5.32 Å². The summed E-state index contributed by atoms with van der Waals surface area (Å²) in [5.74, 6) is 1.76. The van der Waals surface area contributed by atoms with Crippen LogP contribution in [0.2, 0.25) is 0 Å². The highest BCUT2D eigenvalue weighted by molar-refractivity contribution is 5.32. The minimum absolute atomic E-state index is 0.752. The van der Waals surface area contributed by atoms with Crippen LogP contribution in [-0.2, 0) is 12.8 Å². The predicted molar refractivity (Wildman–Crippen MR) is 86.0 cm³/mol. The number of hydrogen-bond acceptors (Lipinski definition) is 1. The van der Waals surface area contributed by atoms with Crippen LogP contribution in [-0.4, -0.2) is 12.6 Å². The molecule has 1 aromatic rings. The van der Waals surface area contributed by atoms with Crippen LogP contribution >= 0.6 is 0 Å². The van der Waals surface area contributed by atoms with E-state index in [9.17, 15) is 0 Å². The van der Waals surface area contributed by atoms with Gasteiger partial charge in [-0.25, -0.2) is 0 Å². The Morgan fingerprint density at radius 1 is 1.00 bits per heavy atom. The van der Waals surface area contributed by atoms with E-state index in [1.807, 2.05) is 0 Å². The lowest BCUT2D eigenvalue weighted by Gasteiger charge is -2.35. The van der Waals surface area contributed by atoms with E-state index in [0.29, 0.717) is 0 Å². The smallest absolute Gasteiger partial charge is 0.0130 e. The van der Waals surface area contributed by atoms with Crippen molar-refractivity contribution in [3.63, 3.8) is 0 Å². The lowest BCUT2D eigenvalue weighted by Crippen LogP contribution is -2.43. The van der Waals surface area contributed by atoms with Crippen LogP contribution in [0.15, 0.2) is 24.3 Å². The second-order valence-corrected chi connectivity index (χ2v) is 6.82. The van der Waals surface area contributed by atoms with Crippen LogP contribution in [0.1, 0.15) is 56.6 Å². The van der Waals surface area contributed by atoms with Crippen molar-refractivity contribution >= 4 is 0 Å². The maximum atomic E-state index is 3.92. The number of benzene rings is 1. The number of rotatable bonds is 5. The molecule has 0 saturated heterocycles. The second-order valence-electron chi connectivity index (χ2n) is 6.82. The van der Waals surface area contributed by atoms with Gasteiger partial charge in [0.25, 0.3) is 0 Å². The summed E-state index contributed by atoms with van der Waals surface area (Å²) >= 11 is 0. The van der Waals surface area contributed by atoms with Gasteiger partial charge in [0, 0.05) is 6.04 Å². The Morgan fingerprint density at radius 3 is 2.25 bits per heavy atom. The van der Waals surface area contributed by atoms with Gasteiger partial charge in [0.05, 0.1) is 0 Å². The molecule has 0 heterocycles. The lowest BCUT2D eigenvalue weighted by atomic mass is 9.77. The molecule has 20 heavy (non-hydrogen) atoms. The molecule has 0 aliphatic heterocycles. The zero-order valence-electron chi connectivity index (χ0n) is 12.9. The molecule has 0 amide bonds. The summed E-state index contributed by atoms with van der Waals surface area (Å²) < 4.78 is 0.